The molecular formula is C18H20N4O3. The number of aromatic nitrogens is 3. The van der Waals surface area contributed by atoms with Crippen LogP contribution in [0.3, 0.4) is 0 Å². The summed E-state index contributed by atoms with van der Waals surface area (Å²) in [5, 5.41) is 8.04. The van der Waals surface area contributed by atoms with E-state index >= 15 is 0 Å². The number of anilines is 1. The molecule has 25 heavy (non-hydrogen) atoms. The van der Waals surface area contributed by atoms with Crippen molar-refractivity contribution in [3.05, 3.63) is 42.2 Å². The maximum Gasteiger partial charge on any atom is 0.255 e. The van der Waals surface area contributed by atoms with Gasteiger partial charge in [0.15, 0.2) is 17.1 Å². The van der Waals surface area contributed by atoms with E-state index in [0.717, 1.165) is 11.0 Å². The maximum atomic E-state index is 12.5. The van der Waals surface area contributed by atoms with Crippen molar-refractivity contribution in [1.29, 1.82) is 0 Å². The Balaban J connectivity index is 1.84. The van der Waals surface area contributed by atoms with Crippen molar-refractivity contribution >= 4 is 22.6 Å². The van der Waals surface area contributed by atoms with E-state index in [1.54, 1.807) is 37.7 Å². The van der Waals surface area contributed by atoms with E-state index in [1.807, 2.05) is 24.6 Å². The summed E-state index contributed by atoms with van der Waals surface area (Å²) in [6.45, 7) is 4.09. The maximum absolute atomic E-state index is 12.5. The first-order valence-corrected chi connectivity index (χ1v) is 7.90. The molecule has 1 N–H and O–H groups in total. The quantitative estimate of drug-likeness (QED) is 0.771. The van der Waals surface area contributed by atoms with Gasteiger partial charge >= 0.3 is 0 Å². The Kier molecular flexibility index (Phi) is 4.56. The third-order valence-corrected chi connectivity index (χ3v) is 3.83. The minimum absolute atomic E-state index is 0.220. The summed E-state index contributed by atoms with van der Waals surface area (Å²) in [5.41, 5.74) is 1.87. The summed E-state index contributed by atoms with van der Waals surface area (Å²) < 4.78 is 12.3. The average Bonchev–Trinajstić information content (AvgIpc) is 3.04. The van der Waals surface area contributed by atoms with Crippen LogP contribution in [0.1, 0.15) is 30.2 Å². The highest BCUT2D eigenvalue weighted by Crippen LogP contribution is 2.28. The van der Waals surface area contributed by atoms with Crippen LogP contribution in [0.4, 0.5) is 5.69 Å². The zero-order chi connectivity index (χ0) is 18.0. The second-order valence-corrected chi connectivity index (χ2v) is 5.84. The molecule has 7 heteroatoms. The lowest BCUT2D eigenvalue weighted by molar-refractivity contribution is 0.102. The van der Waals surface area contributed by atoms with Gasteiger partial charge in [0.25, 0.3) is 5.91 Å². The van der Waals surface area contributed by atoms with Gasteiger partial charge in [-0.25, -0.2) is 9.67 Å². The summed E-state index contributed by atoms with van der Waals surface area (Å²) >= 11 is 0. The highest BCUT2D eigenvalue weighted by molar-refractivity contribution is 6.05. The first-order chi connectivity index (χ1) is 12.0. The number of amides is 1. The number of pyridine rings is 1. The van der Waals surface area contributed by atoms with Crippen LogP contribution >= 0.6 is 0 Å². The van der Waals surface area contributed by atoms with Crippen molar-refractivity contribution in [2.75, 3.05) is 19.5 Å². The second kappa shape index (κ2) is 6.80. The van der Waals surface area contributed by atoms with Crippen LogP contribution in [0.2, 0.25) is 0 Å². The fourth-order valence-electron chi connectivity index (χ4n) is 2.57. The molecule has 0 saturated carbocycles. The molecule has 0 aliphatic rings. The van der Waals surface area contributed by atoms with Gasteiger partial charge < -0.3 is 14.8 Å². The van der Waals surface area contributed by atoms with Gasteiger partial charge in [0.05, 0.1) is 32.3 Å². The lowest BCUT2D eigenvalue weighted by atomic mass is 10.2. The average molecular weight is 340 g/mol. The first-order valence-electron chi connectivity index (χ1n) is 7.90. The molecule has 1 aromatic carbocycles. The predicted octanol–water partition coefficient (Wildman–Crippen LogP) is 3.28. The largest absolute Gasteiger partial charge is 0.493 e. The first kappa shape index (κ1) is 16.8. The minimum atomic E-state index is -0.252. The van der Waals surface area contributed by atoms with Crippen LogP contribution in [0.5, 0.6) is 11.5 Å². The number of rotatable bonds is 5. The third-order valence-electron chi connectivity index (χ3n) is 3.83. The van der Waals surface area contributed by atoms with Crippen LogP contribution in [-0.2, 0) is 0 Å². The van der Waals surface area contributed by atoms with Gasteiger partial charge in [-0.1, -0.05) is 0 Å². The zero-order valence-corrected chi connectivity index (χ0v) is 14.6. The van der Waals surface area contributed by atoms with Crippen molar-refractivity contribution in [3.8, 4) is 11.5 Å². The van der Waals surface area contributed by atoms with Crippen LogP contribution in [0.25, 0.3) is 11.0 Å². The normalized spacial score (nSPS) is 10.9. The fourth-order valence-corrected chi connectivity index (χ4v) is 2.57. The molecular weight excluding hydrogens is 320 g/mol. The molecule has 0 radical (unpaired) electrons. The Labute approximate surface area is 145 Å². The van der Waals surface area contributed by atoms with Crippen LogP contribution in [0.15, 0.2) is 36.7 Å². The third kappa shape index (κ3) is 3.26. The molecule has 3 rings (SSSR count). The van der Waals surface area contributed by atoms with Gasteiger partial charge in [-0.2, -0.15) is 5.10 Å². The van der Waals surface area contributed by atoms with E-state index in [2.05, 4.69) is 15.4 Å². The van der Waals surface area contributed by atoms with E-state index in [9.17, 15) is 4.79 Å². The van der Waals surface area contributed by atoms with Gasteiger partial charge in [-0.05, 0) is 38.1 Å². The van der Waals surface area contributed by atoms with Gasteiger partial charge in [-0.3, -0.25) is 4.79 Å². The molecule has 0 bridgehead atoms. The van der Waals surface area contributed by atoms with Gasteiger partial charge in [-0.15, -0.1) is 0 Å². The summed E-state index contributed by atoms with van der Waals surface area (Å²) in [7, 11) is 3.08. The van der Waals surface area contributed by atoms with E-state index < -0.39 is 0 Å². The van der Waals surface area contributed by atoms with Crippen LogP contribution in [-0.4, -0.2) is 34.9 Å². The molecule has 0 aliphatic carbocycles. The van der Waals surface area contributed by atoms with Gasteiger partial charge in [0.1, 0.15) is 0 Å². The Bertz CT molecular complexity index is 918. The minimum Gasteiger partial charge on any atom is -0.493 e. The molecule has 0 atom stereocenters. The summed E-state index contributed by atoms with van der Waals surface area (Å²) in [6.07, 6.45) is 3.37. The Hall–Kier alpha value is -3.09. The Morgan fingerprint density at radius 3 is 2.56 bits per heavy atom. The van der Waals surface area contributed by atoms with E-state index in [4.69, 9.17) is 9.47 Å². The van der Waals surface area contributed by atoms with E-state index in [-0.39, 0.29) is 11.9 Å². The number of hydrogen-bond donors (Lipinski definition) is 1. The number of nitrogens with zero attached hydrogens (tertiary/aromatic N) is 3. The highest BCUT2D eigenvalue weighted by Gasteiger charge is 2.13. The second-order valence-electron chi connectivity index (χ2n) is 5.84. The number of carbonyl (C=O) groups is 1. The molecule has 7 nitrogen and oxygen atoms in total. The summed E-state index contributed by atoms with van der Waals surface area (Å²) in [5.74, 6) is 0.823. The molecule has 3 aromatic rings. The predicted molar refractivity (Wildman–Crippen MR) is 95.4 cm³/mol. The molecule has 0 unspecified atom stereocenters. The molecule has 0 spiro atoms. The van der Waals surface area contributed by atoms with Crippen molar-refractivity contribution < 1.29 is 14.3 Å². The van der Waals surface area contributed by atoms with Crippen LogP contribution < -0.4 is 14.8 Å². The zero-order valence-electron chi connectivity index (χ0n) is 14.6. The molecule has 0 aliphatic heterocycles. The van der Waals surface area contributed by atoms with Crippen molar-refractivity contribution in [2.24, 2.45) is 0 Å². The van der Waals surface area contributed by atoms with Crippen LogP contribution in [0, 0.1) is 0 Å². The smallest absolute Gasteiger partial charge is 0.255 e. The topological polar surface area (TPSA) is 78.3 Å². The highest BCUT2D eigenvalue weighted by atomic mass is 16.5. The molecule has 1 amide bonds. The van der Waals surface area contributed by atoms with Crippen molar-refractivity contribution in [2.45, 2.75) is 19.9 Å². The number of carbonyl (C=O) groups excluding carboxylic acids is 1. The summed E-state index contributed by atoms with van der Waals surface area (Å²) in [4.78, 5) is 16.9. The van der Waals surface area contributed by atoms with Gasteiger partial charge in [0, 0.05) is 17.0 Å². The number of methoxy groups -OCH3 is 2. The van der Waals surface area contributed by atoms with E-state index in [0.29, 0.717) is 22.7 Å². The number of fused-ring (bicyclic) bond motifs is 1. The standard InChI is InChI=1S/C18H20N4O3/c1-11(2)22-17-13(9-20-22)7-14(10-19-17)21-18(23)12-5-6-15(24-3)16(8-12)25-4/h5-11H,1-4H3,(H,21,23). The van der Waals surface area contributed by atoms with E-state index in [1.165, 1.54) is 7.11 Å². The summed E-state index contributed by atoms with van der Waals surface area (Å²) in [6, 6.07) is 7.09. The molecule has 130 valence electrons. The number of benzene rings is 1. The Morgan fingerprint density at radius 2 is 1.88 bits per heavy atom. The monoisotopic (exact) mass is 340 g/mol. The van der Waals surface area contributed by atoms with Gasteiger partial charge in [0.2, 0.25) is 0 Å². The Morgan fingerprint density at radius 1 is 1.12 bits per heavy atom. The molecule has 2 heterocycles. The number of ether oxygens (including phenoxy) is 2. The molecule has 2 aromatic heterocycles. The number of hydrogen-bond acceptors (Lipinski definition) is 5. The SMILES string of the molecule is COc1ccc(C(=O)Nc2cnc3c(cnn3C(C)C)c2)cc1OC. The van der Waals surface area contributed by atoms with Crippen molar-refractivity contribution in [3.63, 3.8) is 0 Å². The molecule has 0 fully saturated rings. The van der Waals surface area contributed by atoms with Crippen molar-refractivity contribution in [1.82, 2.24) is 14.8 Å². The lowest BCUT2D eigenvalue weighted by Crippen LogP contribution is -2.12. The molecule has 0 saturated heterocycles. The lowest BCUT2D eigenvalue weighted by Gasteiger charge is -2.10. The fraction of sp³-hybridized carbons (Fsp3) is 0.278. The number of nitrogens with one attached hydrogen (secondary N) is 1.